The van der Waals surface area contributed by atoms with Crippen LogP contribution in [-0.2, 0) is 11.3 Å². The zero-order valence-corrected chi connectivity index (χ0v) is 12.6. The maximum atomic E-state index is 11.6. The maximum absolute atomic E-state index is 11.6. The molecule has 2 amide bonds. The molecule has 1 aromatic heterocycles. The predicted molar refractivity (Wildman–Crippen MR) is 77.5 cm³/mol. The fourth-order valence-corrected chi connectivity index (χ4v) is 1.94. The maximum Gasteiger partial charge on any atom is 0.270 e. The van der Waals surface area contributed by atoms with E-state index in [4.69, 9.17) is 5.73 Å². The van der Waals surface area contributed by atoms with Crippen LogP contribution in [0, 0.1) is 0 Å². The first-order valence-corrected chi connectivity index (χ1v) is 6.63. The number of amides is 2. The minimum absolute atomic E-state index is 0. The van der Waals surface area contributed by atoms with Gasteiger partial charge in [-0.25, -0.2) is 4.98 Å². The zero-order valence-electron chi connectivity index (χ0n) is 10.9. The first kappa shape index (κ1) is 17.8. The van der Waals surface area contributed by atoms with E-state index in [9.17, 15) is 9.59 Å². The van der Waals surface area contributed by atoms with E-state index in [1.54, 1.807) is 5.38 Å². The van der Waals surface area contributed by atoms with Crippen molar-refractivity contribution >= 4 is 35.6 Å². The Morgan fingerprint density at radius 3 is 2.68 bits per heavy atom. The van der Waals surface area contributed by atoms with Crippen molar-refractivity contribution in [1.82, 2.24) is 15.6 Å². The highest BCUT2D eigenvalue weighted by atomic mass is 35.5. The molecule has 1 heterocycles. The van der Waals surface area contributed by atoms with Gasteiger partial charge in [0, 0.05) is 30.9 Å². The van der Waals surface area contributed by atoms with Crippen molar-refractivity contribution in [3.8, 4) is 0 Å². The molecular formula is C11H19ClN4O2S. The average Bonchev–Trinajstić information content (AvgIpc) is 2.76. The standard InChI is InChI=1S/C11H18N4O2S.ClH/c1-7(2)14-9(16)3-4-13-11(17)8-6-18-10(5-12)15-8;/h6-7H,3-5,12H2,1-2H3,(H,13,17)(H,14,16);1H. The Hall–Kier alpha value is -1.18. The Labute approximate surface area is 122 Å². The molecule has 0 aliphatic heterocycles. The van der Waals surface area contributed by atoms with Gasteiger partial charge in [-0.05, 0) is 13.8 Å². The van der Waals surface area contributed by atoms with Gasteiger partial charge in [0.25, 0.3) is 5.91 Å². The van der Waals surface area contributed by atoms with E-state index in [1.807, 2.05) is 13.8 Å². The lowest BCUT2D eigenvalue weighted by molar-refractivity contribution is -0.121. The minimum atomic E-state index is -0.275. The molecule has 0 unspecified atom stereocenters. The molecule has 0 atom stereocenters. The molecule has 1 rings (SSSR count). The summed E-state index contributed by atoms with van der Waals surface area (Å²) in [6.45, 7) is 4.40. The monoisotopic (exact) mass is 306 g/mol. The average molecular weight is 307 g/mol. The van der Waals surface area contributed by atoms with Crippen molar-refractivity contribution in [2.45, 2.75) is 32.9 Å². The van der Waals surface area contributed by atoms with Crippen LogP contribution in [0.5, 0.6) is 0 Å². The molecule has 0 saturated carbocycles. The summed E-state index contributed by atoms with van der Waals surface area (Å²) in [5, 5.41) is 7.77. The van der Waals surface area contributed by atoms with Crippen molar-refractivity contribution in [2.75, 3.05) is 6.54 Å². The topological polar surface area (TPSA) is 97.1 Å². The van der Waals surface area contributed by atoms with Gasteiger partial charge < -0.3 is 16.4 Å². The molecule has 0 radical (unpaired) electrons. The summed E-state index contributed by atoms with van der Waals surface area (Å²) < 4.78 is 0. The largest absolute Gasteiger partial charge is 0.354 e. The van der Waals surface area contributed by atoms with Crippen LogP contribution in [0.25, 0.3) is 0 Å². The van der Waals surface area contributed by atoms with Gasteiger partial charge in [-0.3, -0.25) is 9.59 Å². The lowest BCUT2D eigenvalue weighted by Crippen LogP contribution is -2.34. The lowest BCUT2D eigenvalue weighted by Gasteiger charge is -2.08. The molecule has 19 heavy (non-hydrogen) atoms. The van der Waals surface area contributed by atoms with E-state index in [0.29, 0.717) is 18.8 Å². The second-order valence-electron chi connectivity index (χ2n) is 4.06. The molecule has 108 valence electrons. The third-order valence-corrected chi connectivity index (χ3v) is 2.92. The molecular weight excluding hydrogens is 288 g/mol. The third-order valence-electron chi connectivity index (χ3n) is 2.05. The van der Waals surface area contributed by atoms with E-state index in [2.05, 4.69) is 15.6 Å². The van der Waals surface area contributed by atoms with Crippen LogP contribution in [0.4, 0.5) is 0 Å². The van der Waals surface area contributed by atoms with Crippen molar-refractivity contribution in [1.29, 1.82) is 0 Å². The van der Waals surface area contributed by atoms with Crippen molar-refractivity contribution in [3.05, 3.63) is 16.1 Å². The zero-order chi connectivity index (χ0) is 13.5. The van der Waals surface area contributed by atoms with Crippen LogP contribution in [0.1, 0.15) is 35.8 Å². The fourth-order valence-electron chi connectivity index (χ4n) is 1.28. The number of halogens is 1. The van der Waals surface area contributed by atoms with Crippen LogP contribution >= 0.6 is 23.7 Å². The summed E-state index contributed by atoms with van der Waals surface area (Å²) in [7, 11) is 0. The van der Waals surface area contributed by atoms with Gasteiger partial charge in [0.15, 0.2) is 0 Å². The fraction of sp³-hybridized carbons (Fsp3) is 0.545. The minimum Gasteiger partial charge on any atom is -0.354 e. The molecule has 0 aliphatic carbocycles. The SMILES string of the molecule is CC(C)NC(=O)CCNC(=O)c1csc(CN)n1.Cl. The van der Waals surface area contributed by atoms with Gasteiger partial charge in [-0.15, -0.1) is 23.7 Å². The highest BCUT2D eigenvalue weighted by molar-refractivity contribution is 7.09. The first-order chi connectivity index (χ1) is 8.52. The number of carbonyl (C=O) groups excluding carboxylic acids is 2. The molecule has 6 nitrogen and oxygen atoms in total. The van der Waals surface area contributed by atoms with Crippen molar-refractivity contribution < 1.29 is 9.59 Å². The molecule has 4 N–H and O–H groups in total. The van der Waals surface area contributed by atoms with Crippen LogP contribution in [0.2, 0.25) is 0 Å². The number of rotatable bonds is 6. The summed E-state index contributed by atoms with van der Waals surface area (Å²) in [4.78, 5) is 27.0. The Morgan fingerprint density at radius 1 is 1.47 bits per heavy atom. The summed E-state index contributed by atoms with van der Waals surface area (Å²) in [6.07, 6.45) is 0.262. The van der Waals surface area contributed by atoms with Gasteiger partial charge in [-0.1, -0.05) is 0 Å². The molecule has 0 aliphatic rings. The van der Waals surface area contributed by atoms with E-state index in [-0.39, 0.29) is 36.7 Å². The Balaban J connectivity index is 0.00000324. The molecule has 0 saturated heterocycles. The van der Waals surface area contributed by atoms with Gasteiger partial charge in [0.05, 0.1) is 0 Å². The molecule has 0 fully saturated rings. The Kier molecular flexibility index (Phi) is 8.29. The quantitative estimate of drug-likeness (QED) is 0.719. The van der Waals surface area contributed by atoms with E-state index in [1.165, 1.54) is 11.3 Å². The lowest BCUT2D eigenvalue weighted by atomic mass is 10.3. The number of nitrogens with one attached hydrogen (secondary N) is 2. The summed E-state index contributed by atoms with van der Waals surface area (Å²) in [5.74, 6) is -0.352. The predicted octanol–water partition coefficient (Wildman–Crippen LogP) is 0.668. The Morgan fingerprint density at radius 2 is 2.16 bits per heavy atom. The van der Waals surface area contributed by atoms with Crippen molar-refractivity contribution in [3.63, 3.8) is 0 Å². The summed E-state index contributed by atoms with van der Waals surface area (Å²) in [6, 6.07) is 0.110. The van der Waals surface area contributed by atoms with Gasteiger partial charge in [-0.2, -0.15) is 0 Å². The number of hydrogen-bond acceptors (Lipinski definition) is 5. The summed E-state index contributed by atoms with van der Waals surface area (Å²) >= 11 is 1.35. The van der Waals surface area contributed by atoms with Gasteiger partial charge in [0.2, 0.25) is 5.91 Å². The summed E-state index contributed by atoms with van der Waals surface area (Å²) in [5.41, 5.74) is 5.76. The number of nitrogens with zero attached hydrogens (tertiary/aromatic N) is 1. The number of carbonyl (C=O) groups is 2. The number of thiazole rings is 1. The second-order valence-corrected chi connectivity index (χ2v) is 5.00. The normalized spacial score (nSPS) is 9.89. The second kappa shape index (κ2) is 8.84. The smallest absolute Gasteiger partial charge is 0.270 e. The van der Waals surface area contributed by atoms with E-state index < -0.39 is 0 Å². The van der Waals surface area contributed by atoms with Crippen LogP contribution in [0.3, 0.4) is 0 Å². The van der Waals surface area contributed by atoms with Gasteiger partial charge in [0.1, 0.15) is 10.7 Å². The van der Waals surface area contributed by atoms with Crippen LogP contribution < -0.4 is 16.4 Å². The van der Waals surface area contributed by atoms with Gasteiger partial charge >= 0.3 is 0 Å². The van der Waals surface area contributed by atoms with Crippen LogP contribution in [-0.4, -0.2) is 29.4 Å². The Bertz CT molecular complexity index is 423. The molecule has 8 heteroatoms. The molecule has 0 spiro atoms. The van der Waals surface area contributed by atoms with Crippen LogP contribution in [0.15, 0.2) is 5.38 Å². The molecule has 0 bridgehead atoms. The molecule has 0 aromatic carbocycles. The van der Waals surface area contributed by atoms with E-state index in [0.717, 1.165) is 5.01 Å². The molecule has 1 aromatic rings. The highest BCUT2D eigenvalue weighted by Crippen LogP contribution is 2.08. The number of nitrogens with two attached hydrogens (primary N) is 1. The highest BCUT2D eigenvalue weighted by Gasteiger charge is 2.10. The van der Waals surface area contributed by atoms with E-state index >= 15 is 0 Å². The van der Waals surface area contributed by atoms with Crippen molar-refractivity contribution in [2.24, 2.45) is 5.73 Å². The number of hydrogen-bond donors (Lipinski definition) is 3. The number of aromatic nitrogens is 1. The third kappa shape index (κ3) is 6.51. The first-order valence-electron chi connectivity index (χ1n) is 5.75.